The third-order valence-corrected chi connectivity index (χ3v) is 21.5. The van der Waals surface area contributed by atoms with Crippen molar-refractivity contribution in [2.45, 2.75) is 96.8 Å². The fourth-order valence-electron chi connectivity index (χ4n) is 16.6. The molecule has 4 heteroatoms. The average Bonchev–Trinajstić information content (AvgIpc) is 0.698. The van der Waals surface area contributed by atoms with E-state index in [0.717, 1.165) is 45.0 Å². The highest BCUT2D eigenvalue weighted by atomic mass is 15.2. The summed E-state index contributed by atoms with van der Waals surface area (Å²) in [5.74, 6) is 0.751. The molecule has 0 amide bonds. The third-order valence-electron chi connectivity index (χ3n) is 21.5. The Balaban J connectivity index is 1.06. The minimum Gasteiger partial charge on any atom is -0.314 e. The third kappa shape index (κ3) is 8.78. The largest absolute Gasteiger partial charge is 0.314 e. The summed E-state index contributed by atoms with van der Waals surface area (Å²) in [5.41, 5.74) is 31.2. The Morgan fingerprint density at radius 1 is 0.372 bits per heavy atom. The lowest BCUT2D eigenvalue weighted by atomic mass is 9.29. The monoisotopic (exact) mass is 1210 g/mol. The van der Waals surface area contributed by atoms with E-state index in [9.17, 15) is 0 Å². The van der Waals surface area contributed by atoms with Crippen molar-refractivity contribution in [1.29, 1.82) is 0 Å². The SMILES string of the molecule is C[C@H]1C2=CC1c1cc(C(C)(C)C)ccc1N2c1ccc2c(c1)C(c1ccccc1)(c1ccccc1)c1cc(-n3c4ccccc4c4ccccc43)cc3c1B2c1cc(-c2cc(C(C)(C)C)cc(C(C)(C)C)c2)ccc1N3c1c(-c2ccccc2)cccc1-c1ccccc1. The lowest BCUT2D eigenvalue weighted by Crippen LogP contribution is -2.65. The minimum atomic E-state index is -0.856. The minimum absolute atomic E-state index is 0.0146. The fourth-order valence-corrected chi connectivity index (χ4v) is 16.6. The highest BCUT2D eigenvalue weighted by Gasteiger charge is 2.53. The standard InChI is InChI=1S/C90H78BN3/c1-57-73-56-83(57)92(81-47-43-64(52-74(73)81)87(2,3)4)67-44-45-77-75(53-67)90(62-32-19-13-20-33-62,63-34-21-14-22-35-63)76-54-68(93-79-40-25-23-36-71(79)72-37-24-26-41-80(72)93)55-84-85(76)91(77)78-50-60(61-48-65(88(5,6)7)51-66(49-61)89(8,9)10)42-46-82(78)94(84)86-69(58-28-15-11-16-29-58)38-27-39-70(86)59-30-17-12-18-31-59/h11-57,73H,1-10H3/t57-,73?/m1/s1. The van der Waals surface area contributed by atoms with Gasteiger partial charge in [-0.3, -0.25) is 0 Å². The Morgan fingerprint density at radius 2 is 0.904 bits per heavy atom. The molecule has 94 heavy (non-hydrogen) atoms. The maximum atomic E-state index is 2.71. The molecule has 13 aromatic rings. The molecule has 1 unspecified atom stereocenters. The van der Waals surface area contributed by atoms with Gasteiger partial charge in [-0.15, -0.1) is 0 Å². The molecule has 0 saturated heterocycles. The molecule has 4 aliphatic heterocycles. The molecular weight excluding hydrogens is 1130 g/mol. The molecule has 0 saturated carbocycles. The summed E-state index contributed by atoms with van der Waals surface area (Å²) in [6.07, 6.45) is 2.55. The van der Waals surface area contributed by atoms with Gasteiger partial charge in [-0.1, -0.05) is 305 Å². The molecular formula is C90H78BN3. The predicted molar refractivity (Wildman–Crippen MR) is 399 cm³/mol. The van der Waals surface area contributed by atoms with Crippen LogP contribution in [0, 0.1) is 5.92 Å². The summed E-state index contributed by atoms with van der Waals surface area (Å²) >= 11 is 0. The second-order valence-electron chi connectivity index (χ2n) is 30.1. The Bertz CT molecular complexity index is 5040. The molecule has 0 fully saturated rings. The van der Waals surface area contributed by atoms with Crippen LogP contribution in [0.2, 0.25) is 0 Å². The number of aromatic nitrogens is 1. The van der Waals surface area contributed by atoms with Crippen molar-refractivity contribution in [2.75, 3.05) is 9.80 Å². The molecule has 12 aromatic carbocycles. The van der Waals surface area contributed by atoms with E-state index in [2.05, 4.69) is 363 Å². The van der Waals surface area contributed by atoms with Crippen LogP contribution in [0.15, 0.2) is 285 Å². The number of allylic oxidation sites excluding steroid dienone is 2. The number of benzene rings is 12. The van der Waals surface area contributed by atoms with E-state index in [1.165, 1.54) is 111 Å². The van der Waals surface area contributed by atoms with Gasteiger partial charge in [0.15, 0.2) is 0 Å². The van der Waals surface area contributed by atoms with Crippen LogP contribution < -0.4 is 26.2 Å². The first-order valence-electron chi connectivity index (χ1n) is 33.9. The quantitative estimate of drug-likeness (QED) is 0.141. The number of anilines is 5. The van der Waals surface area contributed by atoms with Gasteiger partial charge in [0.25, 0.3) is 0 Å². The number of para-hydroxylation sites is 3. The normalized spacial score (nSPS) is 16.1. The van der Waals surface area contributed by atoms with Crippen molar-refractivity contribution in [3.05, 3.63) is 329 Å². The Morgan fingerprint density at radius 3 is 1.47 bits per heavy atom. The first-order valence-corrected chi connectivity index (χ1v) is 33.9. The summed E-state index contributed by atoms with van der Waals surface area (Å²) in [7, 11) is 0. The van der Waals surface area contributed by atoms with Crippen molar-refractivity contribution < 1.29 is 0 Å². The highest BCUT2D eigenvalue weighted by Crippen LogP contribution is 2.58. The number of hydrogen-bond donors (Lipinski definition) is 0. The van der Waals surface area contributed by atoms with Gasteiger partial charge >= 0.3 is 0 Å². The first-order chi connectivity index (χ1) is 45.4. The highest BCUT2D eigenvalue weighted by molar-refractivity contribution is 6.99. The van der Waals surface area contributed by atoms with E-state index in [1.807, 2.05) is 0 Å². The van der Waals surface area contributed by atoms with Crippen LogP contribution in [-0.2, 0) is 21.7 Å². The van der Waals surface area contributed by atoms with Gasteiger partial charge < -0.3 is 14.4 Å². The Labute approximate surface area is 555 Å². The summed E-state index contributed by atoms with van der Waals surface area (Å²) in [5, 5.41) is 2.46. The first kappa shape index (κ1) is 57.7. The molecule has 0 N–H and O–H groups in total. The van der Waals surface area contributed by atoms with E-state index in [0.29, 0.717) is 11.8 Å². The van der Waals surface area contributed by atoms with Crippen LogP contribution >= 0.6 is 0 Å². The number of hydrogen-bond acceptors (Lipinski definition) is 2. The molecule has 0 radical (unpaired) electrons. The average molecular weight is 1210 g/mol. The molecule has 5 heterocycles. The summed E-state index contributed by atoms with van der Waals surface area (Å²) in [6, 6.07) is 105. The van der Waals surface area contributed by atoms with Crippen LogP contribution in [0.4, 0.5) is 28.4 Å². The fraction of sp³-hybridized carbons (Fsp3) is 0.178. The zero-order valence-corrected chi connectivity index (χ0v) is 55.6. The van der Waals surface area contributed by atoms with E-state index in [4.69, 9.17) is 0 Å². The molecule has 0 spiro atoms. The van der Waals surface area contributed by atoms with Crippen LogP contribution in [0.25, 0.3) is 60.9 Å². The van der Waals surface area contributed by atoms with Crippen LogP contribution in [0.1, 0.15) is 120 Å². The second-order valence-corrected chi connectivity index (χ2v) is 30.1. The van der Waals surface area contributed by atoms with Gasteiger partial charge in [-0.2, -0.15) is 0 Å². The second kappa shape index (κ2) is 21.2. The van der Waals surface area contributed by atoms with Crippen molar-refractivity contribution in [2.24, 2.45) is 5.92 Å². The molecule has 3 nitrogen and oxygen atoms in total. The van der Waals surface area contributed by atoms with E-state index in [1.54, 1.807) is 0 Å². The van der Waals surface area contributed by atoms with E-state index < -0.39 is 5.41 Å². The zero-order valence-electron chi connectivity index (χ0n) is 55.6. The number of fused-ring (bicyclic) bond motifs is 7. The maximum Gasteiger partial charge on any atom is 0.247 e. The van der Waals surface area contributed by atoms with Crippen molar-refractivity contribution >= 4 is 73.3 Å². The smallest absolute Gasteiger partial charge is 0.247 e. The van der Waals surface area contributed by atoms with Gasteiger partial charge in [0.1, 0.15) is 0 Å². The molecule has 456 valence electrons. The van der Waals surface area contributed by atoms with Gasteiger partial charge in [-0.25, -0.2) is 0 Å². The maximum absolute atomic E-state index is 2.71. The summed E-state index contributed by atoms with van der Waals surface area (Å²) in [6.45, 7) is 23.4. The Hall–Kier alpha value is -10.2. The van der Waals surface area contributed by atoms with Gasteiger partial charge in [0, 0.05) is 67.9 Å². The van der Waals surface area contributed by atoms with Gasteiger partial charge in [0.05, 0.1) is 22.1 Å². The molecule has 2 atom stereocenters. The van der Waals surface area contributed by atoms with E-state index >= 15 is 0 Å². The van der Waals surface area contributed by atoms with Crippen molar-refractivity contribution in [3.8, 4) is 39.1 Å². The zero-order chi connectivity index (χ0) is 64.2. The summed E-state index contributed by atoms with van der Waals surface area (Å²) in [4.78, 5) is 5.33. The molecule has 5 aliphatic rings. The van der Waals surface area contributed by atoms with Gasteiger partial charge in [0.2, 0.25) is 6.71 Å². The lowest BCUT2D eigenvalue weighted by molar-refractivity contribution is 0.503. The summed E-state index contributed by atoms with van der Waals surface area (Å²) < 4.78 is 2.56. The molecule has 1 aromatic heterocycles. The molecule has 1 aliphatic carbocycles. The molecule has 2 bridgehead atoms. The molecule has 18 rings (SSSR count). The number of nitrogens with zero attached hydrogens (tertiary/aromatic N) is 3. The van der Waals surface area contributed by atoms with Crippen molar-refractivity contribution in [1.82, 2.24) is 4.57 Å². The van der Waals surface area contributed by atoms with Gasteiger partial charge in [-0.05, 0) is 142 Å². The van der Waals surface area contributed by atoms with Crippen LogP contribution in [-0.4, -0.2) is 11.3 Å². The lowest BCUT2D eigenvalue weighted by Gasteiger charge is -2.51. The Kier molecular flexibility index (Phi) is 13.0. The predicted octanol–water partition coefficient (Wildman–Crippen LogP) is 21.4. The topological polar surface area (TPSA) is 11.4 Å². The van der Waals surface area contributed by atoms with Crippen molar-refractivity contribution in [3.63, 3.8) is 0 Å². The van der Waals surface area contributed by atoms with E-state index in [-0.39, 0.29) is 23.0 Å². The number of rotatable bonds is 8. The van der Waals surface area contributed by atoms with Crippen LogP contribution in [0.5, 0.6) is 0 Å². The van der Waals surface area contributed by atoms with Crippen LogP contribution in [0.3, 0.4) is 0 Å².